The fraction of sp³-hybridized carbons (Fsp3) is 0.308. The first-order valence-electron chi connectivity index (χ1n) is 5.89. The van der Waals surface area contributed by atoms with Gasteiger partial charge in [0.15, 0.2) is 0 Å². The summed E-state index contributed by atoms with van der Waals surface area (Å²) in [7, 11) is 0. The van der Waals surface area contributed by atoms with E-state index in [1.165, 1.54) is 0 Å². The van der Waals surface area contributed by atoms with Crippen LogP contribution in [-0.4, -0.2) is 15.0 Å². The number of anilines is 1. The second-order valence-corrected chi connectivity index (χ2v) is 4.03. The molecule has 1 aromatic heterocycles. The molecule has 0 saturated heterocycles. The molecular formula is C13H15N5. The minimum Gasteiger partial charge on any atom is -0.362 e. The maximum Gasteiger partial charge on any atom is 0.145 e. The van der Waals surface area contributed by atoms with Crippen molar-refractivity contribution in [1.29, 1.82) is 5.26 Å². The lowest BCUT2D eigenvalue weighted by molar-refractivity contribution is 0.626. The average Bonchev–Trinajstić information content (AvgIpc) is 2.86. The topological polar surface area (TPSA) is 66.5 Å². The summed E-state index contributed by atoms with van der Waals surface area (Å²) < 4.78 is 1.81. The highest BCUT2D eigenvalue weighted by Crippen LogP contribution is 2.18. The molecule has 92 valence electrons. The van der Waals surface area contributed by atoms with Gasteiger partial charge in [-0.05, 0) is 31.5 Å². The summed E-state index contributed by atoms with van der Waals surface area (Å²) in [6.07, 6.45) is 1.71. The Morgan fingerprint density at radius 2 is 2.11 bits per heavy atom. The summed E-state index contributed by atoms with van der Waals surface area (Å²) in [4.78, 5) is 0. The zero-order chi connectivity index (χ0) is 13.0. The molecule has 2 rings (SSSR count). The van der Waals surface area contributed by atoms with Crippen molar-refractivity contribution in [3.8, 4) is 6.07 Å². The van der Waals surface area contributed by atoms with Gasteiger partial charge >= 0.3 is 0 Å². The summed E-state index contributed by atoms with van der Waals surface area (Å²) in [6, 6.07) is 9.81. The third-order valence-electron chi connectivity index (χ3n) is 2.82. The minimum atomic E-state index is 0.140. The smallest absolute Gasteiger partial charge is 0.145 e. The van der Waals surface area contributed by atoms with Gasteiger partial charge in [-0.15, -0.1) is 5.10 Å². The van der Waals surface area contributed by atoms with Crippen molar-refractivity contribution in [2.24, 2.45) is 0 Å². The zero-order valence-electron chi connectivity index (χ0n) is 10.5. The quantitative estimate of drug-likeness (QED) is 0.892. The van der Waals surface area contributed by atoms with Gasteiger partial charge in [-0.2, -0.15) is 5.26 Å². The zero-order valence-corrected chi connectivity index (χ0v) is 10.5. The maximum absolute atomic E-state index is 8.76. The van der Waals surface area contributed by atoms with Crippen LogP contribution in [0.1, 0.15) is 31.0 Å². The molecule has 1 heterocycles. The molecule has 0 fully saturated rings. The Morgan fingerprint density at radius 1 is 1.39 bits per heavy atom. The van der Waals surface area contributed by atoms with Crippen LogP contribution in [0, 0.1) is 11.3 Å². The minimum absolute atomic E-state index is 0.140. The summed E-state index contributed by atoms with van der Waals surface area (Å²) in [5.41, 5.74) is 1.80. The molecule has 0 spiro atoms. The van der Waals surface area contributed by atoms with Crippen LogP contribution < -0.4 is 5.32 Å². The molecule has 0 aliphatic rings. The largest absolute Gasteiger partial charge is 0.362 e. The molecule has 0 radical (unpaired) electrons. The molecule has 1 unspecified atom stereocenters. The Labute approximate surface area is 106 Å². The highest BCUT2D eigenvalue weighted by atomic mass is 15.4. The fourth-order valence-corrected chi connectivity index (χ4v) is 1.75. The summed E-state index contributed by atoms with van der Waals surface area (Å²) in [6.45, 7) is 4.86. The Bertz CT molecular complexity index is 550. The number of nitrogens with one attached hydrogen (secondary N) is 1. The molecule has 1 N–H and O–H groups in total. The van der Waals surface area contributed by atoms with Gasteiger partial charge in [-0.3, -0.25) is 0 Å². The Hall–Kier alpha value is -2.35. The number of hydrogen-bond donors (Lipinski definition) is 1. The van der Waals surface area contributed by atoms with E-state index in [1.807, 2.05) is 31.2 Å². The molecular weight excluding hydrogens is 226 g/mol. The Kier molecular flexibility index (Phi) is 3.58. The van der Waals surface area contributed by atoms with Gasteiger partial charge in [0.2, 0.25) is 0 Å². The van der Waals surface area contributed by atoms with Crippen LogP contribution in [0.15, 0.2) is 30.5 Å². The molecule has 2 aromatic rings. The Balaban J connectivity index is 2.12. The number of aromatic nitrogens is 3. The van der Waals surface area contributed by atoms with Gasteiger partial charge in [-0.1, -0.05) is 17.3 Å². The number of hydrogen-bond acceptors (Lipinski definition) is 4. The van der Waals surface area contributed by atoms with Crippen LogP contribution in [0.4, 0.5) is 5.82 Å². The van der Waals surface area contributed by atoms with Crippen LogP contribution in [0.5, 0.6) is 0 Å². The van der Waals surface area contributed by atoms with E-state index in [9.17, 15) is 0 Å². The summed E-state index contributed by atoms with van der Waals surface area (Å²) in [5, 5.41) is 20.0. The third kappa shape index (κ3) is 2.48. The van der Waals surface area contributed by atoms with E-state index in [2.05, 4.69) is 28.6 Å². The standard InChI is InChI=1S/C13H15N5/c1-3-18-13(9-15-17-18)16-10(2)12-6-4-11(8-14)5-7-12/h4-7,9-10,16H,3H2,1-2H3. The molecule has 1 atom stereocenters. The highest BCUT2D eigenvalue weighted by molar-refractivity contribution is 5.38. The normalized spacial score (nSPS) is 11.8. The van der Waals surface area contributed by atoms with Crippen LogP contribution in [0.3, 0.4) is 0 Å². The molecule has 5 nitrogen and oxygen atoms in total. The Morgan fingerprint density at radius 3 is 2.72 bits per heavy atom. The first-order valence-corrected chi connectivity index (χ1v) is 5.89. The summed E-state index contributed by atoms with van der Waals surface area (Å²) in [5.74, 6) is 0.898. The predicted octanol–water partition coefficient (Wildman–Crippen LogP) is 2.34. The lowest BCUT2D eigenvalue weighted by Gasteiger charge is -2.15. The van der Waals surface area contributed by atoms with Gasteiger partial charge in [0.25, 0.3) is 0 Å². The fourth-order valence-electron chi connectivity index (χ4n) is 1.75. The van der Waals surface area contributed by atoms with Gasteiger partial charge in [0, 0.05) is 12.6 Å². The van der Waals surface area contributed by atoms with E-state index < -0.39 is 0 Å². The number of benzene rings is 1. The maximum atomic E-state index is 8.76. The number of nitrogens with zero attached hydrogens (tertiary/aromatic N) is 4. The van der Waals surface area contributed by atoms with Crippen molar-refractivity contribution < 1.29 is 0 Å². The number of aryl methyl sites for hydroxylation is 1. The lowest BCUT2D eigenvalue weighted by atomic mass is 10.1. The van der Waals surface area contributed by atoms with E-state index in [4.69, 9.17) is 5.26 Å². The van der Waals surface area contributed by atoms with Crippen molar-refractivity contribution in [3.63, 3.8) is 0 Å². The van der Waals surface area contributed by atoms with Crippen molar-refractivity contribution in [1.82, 2.24) is 15.0 Å². The molecule has 0 bridgehead atoms. The second kappa shape index (κ2) is 5.32. The molecule has 0 saturated carbocycles. The van der Waals surface area contributed by atoms with Crippen LogP contribution in [0.25, 0.3) is 0 Å². The first-order chi connectivity index (χ1) is 8.74. The van der Waals surface area contributed by atoms with Crippen LogP contribution >= 0.6 is 0 Å². The van der Waals surface area contributed by atoms with Gasteiger partial charge in [0.1, 0.15) is 5.82 Å². The van der Waals surface area contributed by atoms with E-state index in [-0.39, 0.29) is 6.04 Å². The molecule has 5 heteroatoms. The molecule has 0 amide bonds. The van der Waals surface area contributed by atoms with Crippen molar-refractivity contribution in [2.75, 3.05) is 5.32 Å². The number of rotatable bonds is 4. The van der Waals surface area contributed by atoms with E-state index in [1.54, 1.807) is 10.9 Å². The SMILES string of the molecule is CCn1nncc1NC(C)c1ccc(C#N)cc1. The molecule has 1 aromatic carbocycles. The lowest BCUT2D eigenvalue weighted by Crippen LogP contribution is -2.11. The van der Waals surface area contributed by atoms with E-state index in [0.29, 0.717) is 5.56 Å². The van der Waals surface area contributed by atoms with Crippen LogP contribution in [0.2, 0.25) is 0 Å². The molecule has 0 aliphatic carbocycles. The predicted molar refractivity (Wildman–Crippen MR) is 68.9 cm³/mol. The van der Waals surface area contributed by atoms with Gasteiger partial charge in [-0.25, -0.2) is 4.68 Å². The number of nitriles is 1. The van der Waals surface area contributed by atoms with E-state index >= 15 is 0 Å². The second-order valence-electron chi connectivity index (χ2n) is 4.03. The van der Waals surface area contributed by atoms with E-state index in [0.717, 1.165) is 17.9 Å². The average molecular weight is 241 g/mol. The molecule has 0 aliphatic heterocycles. The van der Waals surface area contributed by atoms with Crippen molar-refractivity contribution in [2.45, 2.75) is 26.4 Å². The highest BCUT2D eigenvalue weighted by Gasteiger charge is 2.08. The van der Waals surface area contributed by atoms with Gasteiger partial charge in [0.05, 0.1) is 17.8 Å². The van der Waals surface area contributed by atoms with Gasteiger partial charge < -0.3 is 5.32 Å². The van der Waals surface area contributed by atoms with Crippen LogP contribution in [-0.2, 0) is 6.54 Å². The summed E-state index contributed by atoms with van der Waals surface area (Å²) >= 11 is 0. The van der Waals surface area contributed by atoms with Crippen molar-refractivity contribution >= 4 is 5.82 Å². The van der Waals surface area contributed by atoms with Crippen molar-refractivity contribution in [3.05, 3.63) is 41.6 Å². The molecule has 18 heavy (non-hydrogen) atoms. The third-order valence-corrected chi connectivity index (χ3v) is 2.82. The first kappa shape index (κ1) is 12.1. The monoisotopic (exact) mass is 241 g/mol.